The Labute approximate surface area is 182 Å². The number of fused-ring (bicyclic) bond motifs is 1. The second kappa shape index (κ2) is 10.3. The lowest BCUT2D eigenvalue weighted by Crippen LogP contribution is -2.53. The lowest BCUT2D eigenvalue weighted by atomic mass is 10.2. The molecule has 31 heavy (non-hydrogen) atoms. The highest BCUT2D eigenvalue weighted by atomic mass is 16.5. The summed E-state index contributed by atoms with van der Waals surface area (Å²) in [6.07, 6.45) is 1.75. The molecule has 2 fully saturated rings. The maximum absolute atomic E-state index is 13.4. The number of benzene rings is 1. The number of carbonyl (C=O) groups excluding carboxylic acids is 1. The van der Waals surface area contributed by atoms with Gasteiger partial charge in [-0.15, -0.1) is 0 Å². The van der Waals surface area contributed by atoms with E-state index in [1.807, 2.05) is 36.2 Å². The van der Waals surface area contributed by atoms with Gasteiger partial charge in [0.25, 0.3) is 5.91 Å². The van der Waals surface area contributed by atoms with Gasteiger partial charge < -0.3 is 24.4 Å². The third-order valence-corrected chi connectivity index (χ3v) is 5.51. The molecule has 2 N–H and O–H groups in total. The number of amides is 1. The Hall–Kier alpha value is -2.33. The van der Waals surface area contributed by atoms with Gasteiger partial charge in [-0.3, -0.25) is 10.1 Å². The first-order chi connectivity index (χ1) is 15.2. The number of nitrogens with zero attached hydrogens (tertiary/aromatic N) is 3. The van der Waals surface area contributed by atoms with Gasteiger partial charge in [0.05, 0.1) is 24.1 Å². The van der Waals surface area contributed by atoms with Crippen molar-refractivity contribution in [1.82, 2.24) is 25.5 Å². The van der Waals surface area contributed by atoms with E-state index in [1.165, 1.54) is 0 Å². The number of morpholine rings is 1. The number of hydrogen-bond donors (Lipinski definition) is 2. The van der Waals surface area contributed by atoms with E-state index in [1.54, 1.807) is 7.11 Å². The van der Waals surface area contributed by atoms with Crippen molar-refractivity contribution in [3.05, 3.63) is 30.1 Å². The van der Waals surface area contributed by atoms with Crippen LogP contribution in [-0.2, 0) is 14.3 Å². The Morgan fingerprint density at radius 3 is 2.87 bits per heavy atom. The highest BCUT2D eigenvalue weighted by Gasteiger charge is 2.42. The third kappa shape index (κ3) is 5.12. The lowest BCUT2D eigenvalue weighted by Gasteiger charge is -2.35. The highest BCUT2D eigenvalue weighted by molar-refractivity contribution is 5.84. The van der Waals surface area contributed by atoms with Crippen molar-refractivity contribution in [3.63, 3.8) is 0 Å². The van der Waals surface area contributed by atoms with Crippen LogP contribution in [0.5, 0.6) is 5.88 Å². The smallest absolute Gasteiger partial charge is 0.254 e. The molecule has 2 heterocycles. The average Bonchev–Trinajstić information content (AvgIpc) is 3.65. The summed E-state index contributed by atoms with van der Waals surface area (Å²) in [4.78, 5) is 24.7. The molecule has 1 aromatic carbocycles. The van der Waals surface area contributed by atoms with Crippen molar-refractivity contribution >= 4 is 16.8 Å². The van der Waals surface area contributed by atoms with Crippen LogP contribution in [0.15, 0.2) is 24.3 Å². The zero-order chi connectivity index (χ0) is 21.6. The largest absolute Gasteiger partial charge is 0.477 e. The first-order valence-corrected chi connectivity index (χ1v) is 10.9. The van der Waals surface area contributed by atoms with Gasteiger partial charge in [-0.05, 0) is 32.0 Å². The maximum Gasteiger partial charge on any atom is 0.254 e. The monoisotopic (exact) mass is 429 g/mol. The number of aromatic nitrogens is 2. The minimum atomic E-state index is -0.490. The Morgan fingerprint density at radius 2 is 2.16 bits per heavy atom. The Morgan fingerprint density at radius 1 is 1.32 bits per heavy atom. The summed E-state index contributed by atoms with van der Waals surface area (Å²) in [5, 5.41) is 7.35. The van der Waals surface area contributed by atoms with Crippen molar-refractivity contribution in [1.29, 1.82) is 0 Å². The second-order valence-corrected chi connectivity index (χ2v) is 7.83. The molecule has 9 heteroatoms. The van der Waals surface area contributed by atoms with Crippen LogP contribution in [-0.4, -0.2) is 80.0 Å². The molecule has 2 aliphatic rings. The number of methoxy groups -OCH3 is 1. The fourth-order valence-corrected chi connectivity index (χ4v) is 3.82. The quantitative estimate of drug-likeness (QED) is 0.430. The van der Waals surface area contributed by atoms with Crippen molar-refractivity contribution in [2.24, 2.45) is 0 Å². The van der Waals surface area contributed by atoms with E-state index in [-0.39, 0.29) is 11.9 Å². The molecule has 0 spiro atoms. The molecule has 168 valence electrons. The van der Waals surface area contributed by atoms with Gasteiger partial charge in [0.15, 0.2) is 5.82 Å². The summed E-state index contributed by atoms with van der Waals surface area (Å²) in [5.41, 5.74) is 0.785. The van der Waals surface area contributed by atoms with Crippen LogP contribution >= 0.6 is 0 Å². The first kappa shape index (κ1) is 21.9. The predicted molar refractivity (Wildman–Crippen MR) is 116 cm³/mol. The van der Waals surface area contributed by atoms with E-state index in [0.717, 1.165) is 36.7 Å². The van der Waals surface area contributed by atoms with Gasteiger partial charge >= 0.3 is 0 Å². The van der Waals surface area contributed by atoms with E-state index in [0.29, 0.717) is 38.1 Å². The molecule has 4 rings (SSSR count). The van der Waals surface area contributed by atoms with Crippen molar-refractivity contribution in [2.45, 2.75) is 37.6 Å². The number of hydrogen-bond acceptors (Lipinski definition) is 8. The van der Waals surface area contributed by atoms with Gasteiger partial charge in [0.1, 0.15) is 12.3 Å². The summed E-state index contributed by atoms with van der Waals surface area (Å²) in [7, 11) is 3.50. The van der Waals surface area contributed by atoms with Gasteiger partial charge in [-0.25, -0.2) is 4.98 Å². The molecular weight excluding hydrogens is 398 g/mol. The topological polar surface area (TPSA) is 97.8 Å². The summed E-state index contributed by atoms with van der Waals surface area (Å²) in [6, 6.07) is 7.93. The van der Waals surface area contributed by atoms with Crippen LogP contribution in [0.3, 0.4) is 0 Å². The maximum atomic E-state index is 13.4. The van der Waals surface area contributed by atoms with Crippen LogP contribution in [0.2, 0.25) is 0 Å². The molecule has 1 saturated heterocycles. The summed E-state index contributed by atoms with van der Waals surface area (Å²) >= 11 is 0. The molecule has 0 radical (unpaired) electrons. The highest BCUT2D eigenvalue weighted by Crippen LogP contribution is 2.34. The van der Waals surface area contributed by atoms with Gasteiger partial charge in [0.2, 0.25) is 5.88 Å². The fourth-order valence-electron chi connectivity index (χ4n) is 3.82. The summed E-state index contributed by atoms with van der Waals surface area (Å²) in [6.45, 7) is 2.93. The Kier molecular flexibility index (Phi) is 7.29. The standard InChI is InChI=1S/C22H31N5O4/c1-23-20(27(15-8-9-15)22(28)18-14-24-10-13-30-18)19-25-17-7-4-3-6-16(17)21(26-19)31-12-5-11-29-2/h3-4,6-7,15,18,20,23-24H,5,8-14H2,1-2H3/t18-,20+/m1/s1. The Bertz CT molecular complexity index is 885. The number of rotatable bonds is 10. The van der Waals surface area contributed by atoms with Crippen LogP contribution < -0.4 is 15.4 Å². The molecule has 0 bridgehead atoms. The molecule has 2 atom stereocenters. The van der Waals surface area contributed by atoms with E-state index in [4.69, 9.17) is 24.2 Å². The zero-order valence-electron chi connectivity index (χ0n) is 18.2. The van der Waals surface area contributed by atoms with Crippen LogP contribution in [0, 0.1) is 0 Å². The fraction of sp³-hybridized carbons (Fsp3) is 0.591. The van der Waals surface area contributed by atoms with Gasteiger partial charge in [-0.2, -0.15) is 4.98 Å². The van der Waals surface area contributed by atoms with Crippen molar-refractivity contribution in [2.75, 3.05) is 47.1 Å². The van der Waals surface area contributed by atoms with E-state index in [9.17, 15) is 4.79 Å². The molecule has 1 saturated carbocycles. The predicted octanol–water partition coefficient (Wildman–Crippen LogP) is 1.24. The lowest BCUT2D eigenvalue weighted by molar-refractivity contribution is -0.149. The van der Waals surface area contributed by atoms with Crippen LogP contribution in [0.4, 0.5) is 0 Å². The molecule has 1 aromatic heterocycles. The molecular formula is C22H31N5O4. The molecule has 1 aliphatic carbocycles. The van der Waals surface area contributed by atoms with E-state index in [2.05, 4.69) is 10.6 Å². The average molecular weight is 430 g/mol. The minimum Gasteiger partial charge on any atom is -0.477 e. The Balaban J connectivity index is 1.64. The van der Waals surface area contributed by atoms with Gasteiger partial charge in [0, 0.05) is 39.3 Å². The van der Waals surface area contributed by atoms with Crippen LogP contribution in [0.1, 0.15) is 31.3 Å². The summed E-state index contributed by atoms with van der Waals surface area (Å²) < 4.78 is 16.8. The SMILES string of the molecule is CN[C@H](c1nc(OCCCOC)c2ccccc2n1)N(C(=O)[C@H]1CNCCO1)C1CC1. The third-order valence-electron chi connectivity index (χ3n) is 5.51. The normalized spacial score (nSPS) is 19.9. The molecule has 1 amide bonds. The minimum absolute atomic E-state index is 0.0339. The van der Waals surface area contributed by atoms with Crippen LogP contribution in [0.25, 0.3) is 10.9 Å². The molecule has 0 unspecified atom stereocenters. The zero-order valence-corrected chi connectivity index (χ0v) is 18.2. The second-order valence-electron chi connectivity index (χ2n) is 7.83. The molecule has 1 aliphatic heterocycles. The summed E-state index contributed by atoms with van der Waals surface area (Å²) in [5.74, 6) is 1.01. The number of nitrogens with one attached hydrogen (secondary N) is 2. The first-order valence-electron chi connectivity index (χ1n) is 10.9. The van der Waals surface area contributed by atoms with Crippen molar-refractivity contribution in [3.8, 4) is 5.88 Å². The molecule has 9 nitrogen and oxygen atoms in total. The van der Waals surface area contributed by atoms with Crippen molar-refractivity contribution < 1.29 is 19.0 Å². The van der Waals surface area contributed by atoms with E-state index >= 15 is 0 Å². The number of carbonyl (C=O) groups is 1. The molecule has 2 aromatic rings. The van der Waals surface area contributed by atoms with E-state index < -0.39 is 12.3 Å². The number of para-hydroxylation sites is 1. The van der Waals surface area contributed by atoms with Gasteiger partial charge in [-0.1, -0.05) is 12.1 Å². The number of ether oxygens (including phenoxy) is 3.